The van der Waals surface area contributed by atoms with Crippen molar-refractivity contribution in [2.75, 3.05) is 18.1 Å². The van der Waals surface area contributed by atoms with Crippen molar-refractivity contribution in [3.63, 3.8) is 0 Å². The summed E-state index contributed by atoms with van der Waals surface area (Å²) < 4.78 is 10.4. The summed E-state index contributed by atoms with van der Waals surface area (Å²) >= 11 is 0. The summed E-state index contributed by atoms with van der Waals surface area (Å²) in [6.07, 6.45) is 2.97. The van der Waals surface area contributed by atoms with Gasteiger partial charge in [0.1, 0.15) is 5.76 Å². The van der Waals surface area contributed by atoms with Crippen LogP contribution in [0.15, 0.2) is 29.0 Å². The molecular weight excluding hydrogens is 320 g/mol. The third-order valence-electron chi connectivity index (χ3n) is 4.28. The van der Waals surface area contributed by atoms with Crippen LogP contribution in [-0.4, -0.2) is 30.0 Å². The number of rotatable bonds is 4. The molecule has 0 fully saturated rings. The number of benzene rings is 1. The van der Waals surface area contributed by atoms with E-state index in [4.69, 9.17) is 9.15 Å². The van der Waals surface area contributed by atoms with Gasteiger partial charge in [-0.3, -0.25) is 4.79 Å². The molecule has 0 saturated heterocycles. The first kappa shape index (κ1) is 17.2. The van der Waals surface area contributed by atoms with E-state index in [9.17, 15) is 9.59 Å². The zero-order chi connectivity index (χ0) is 18.0. The molecule has 0 N–H and O–H groups in total. The Kier molecular flexibility index (Phi) is 4.88. The molecule has 1 aromatic carbocycles. The summed E-state index contributed by atoms with van der Waals surface area (Å²) in [5.74, 6) is 0.173. The van der Waals surface area contributed by atoms with Crippen LogP contribution in [-0.2, 0) is 11.2 Å². The highest BCUT2D eigenvalue weighted by molar-refractivity contribution is 6.06. The third-order valence-corrected chi connectivity index (χ3v) is 4.28. The van der Waals surface area contributed by atoms with E-state index in [2.05, 4.69) is 4.98 Å². The predicted octanol–water partition coefficient (Wildman–Crippen LogP) is 3.57. The number of fused-ring (bicyclic) bond motifs is 1. The van der Waals surface area contributed by atoms with Crippen LogP contribution in [0, 0.1) is 0 Å². The van der Waals surface area contributed by atoms with E-state index >= 15 is 0 Å². The monoisotopic (exact) mass is 342 g/mol. The van der Waals surface area contributed by atoms with Crippen molar-refractivity contribution >= 4 is 17.6 Å². The number of aryl methyl sites for hydroxylation is 1. The number of ether oxygens (including phenoxy) is 1. The van der Waals surface area contributed by atoms with Gasteiger partial charge in [0.05, 0.1) is 12.2 Å². The molecule has 2 aromatic rings. The summed E-state index contributed by atoms with van der Waals surface area (Å²) in [6.45, 7) is 6.67. The molecule has 0 atom stereocenters. The van der Waals surface area contributed by atoms with Crippen LogP contribution in [0.2, 0.25) is 0 Å². The van der Waals surface area contributed by atoms with Crippen LogP contribution < -0.4 is 4.90 Å². The van der Waals surface area contributed by atoms with Crippen LogP contribution in [0.3, 0.4) is 0 Å². The molecule has 6 heteroatoms. The molecule has 1 aliphatic rings. The molecule has 1 amide bonds. The summed E-state index contributed by atoms with van der Waals surface area (Å²) in [6, 6.07) is 5.33. The normalized spacial score (nSPS) is 13.7. The van der Waals surface area contributed by atoms with Gasteiger partial charge >= 0.3 is 5.97 Å². The zero-order valence-corrected chi connectivity index (χ0v) is 14.7. The average Bonchev–Trinajstić information content (AvgIpc) is 3.10. The highest BCUT2D eigenvalue weighted by Gasteiger charge is 2.29. The van der Waals surface area contributed by atoms with Gasteiger partial charge in [0.2, 0.25) is 0 Å². The molecule has 6 nitrogen and oxygen atoms in total. The second kappa shape index (κ2) is 7.09. The van der Waals surface area contributed by atoms with Crippen molar-refractivity contribution in [3.8, 4) is 0 Å². The fourth-order valence-corrected chi connectivity index (χ4v) is 3.10. The van der Waals surface area contributed by atoms with E-state index in [0.29, 0.717) is 30.2 Å². The second-order valence-corrected chi connectivity index (χ2v) is 6.34. The zero-order valence-electron chi connectivity index (χ0n) is 14.7. The van der Waals surface area contributed by atoms with Crippen LogP contribution in [0.1, 0.15) is 65.3 Å². The van der Waals surface area contributed by atoms with Gasteiger partial charge in [-0.15, -0.1) is 0 Å². The number of hydrogen-bond acceptors (Lipinski definition) is 5. The summed E-state index contributed by atoms with van der Waals surface area (Å²) in [7, 11) is 0. The van der Waals surface area contributed by atoms with Crippen molar-refractivity contribution in [2.24, 2.45) is 0 Å². The van der Waals surface area contributed by atoms with Crippen molar-refractivity contribution in [2.45, 2.75) is 39.5 Å². The fourth-order valence-electron chi connectivity index (χ4n) is 3.10. The number of aromatic nitrogens is 1. The van der Waals surface area contributed by atoms with Gasteiger partial charge in [0.25, 0.3) is 5.91 Å². The molecule has 2 heterocycles. The lowest BCUT2D eigenvalue weighted by Gasteiger charge is -2.29. The van der Waals surface area contributed by atoms with Gasteiger partial charge in [-0.05, 0) is 43.5 Å². The van der Waals surface area contributed by atoms with E-state index in [1.165, 1.54) is 6.39 Å². The molecule has 0 bridgehead atoms. The maximum absolute atomic E-state index is 13.0. The first-order valence-corrected chi connectivity index (χ1v) is 8.58. The highest BCUT2D eigenvalue weighted by Crippen LogP contribution is 2.31. The maximum Gasteiger partial charge on any atom is 0.338 e. The van der Waals surface area contributed by atoms with Gasteiger partial charge in [0, 0.05) is 18.2 Å². The lowest BCUT2D eigenvalue weighted by molar-refractivity contribution is 0.0526. The molecule has 3 rings (SSSR count). The molecule has 132 valence electrons. The Labute approximate surface area is 146 Å². The maximum atomic E-state index is 13.0. The SMILES string of the molecule is CCOC(=O)c1ccc2c(c1)CCCN2C(=O)c1ncoc1C(C)C. The Bertz CT molecular complexity index is 794. The van der Waals surface area contributed by atoms with Crippen molar-refractivity contribution in [1.29, 1.82) is 0 Å². The molecule has 1 aromatic heterocycles. The Morgan fingerprint density at radius 1 is 1.36 bits per heavy atom. The van der Waals surface area contributed by atoms with E-state index in [1.807, 2.05) is 26.0 Å². The fraction of sp³-hybridized carbons (Fsp3) is 0.421. The standard InChI is InChI=1S/C19H22N2O4/c1-4-24-19(23)14-7-8-15-13(10-14)6-5-9-21(15)18(22)16-17(12(2)3)25-11-20-16/h7-8,10-12H,4-6,9H2,1-3H3. The van der Waals surface area contributed by atoms with E-state index in [1.54, 1.807) is 17.9 Å². The minimum atomic E-state index is -0.340. The van der Waals surface area contributed by atoms with Crippen LogP contribution in [0.4, 0.5) is 5.69 Å². The van der Waals surface area contributed by atoms with Crippen molar-refractivity contribution in [3.05, 3.63) is 47.2 Å². The Morgan fingerprint density at radius 2 is 2.16 bits per heavy atom. The number of carbonyl (C=O) groups is 2. The molecule has 0 spiro atoms. The third kappa shape index (κ3) is 3.29. The molecule has 0 radical (unpaired) electrons. The van der Waals surface area contributed by atoms with E-state index in [0.717, 1.165) is 24.1 Å². The van der Waals surface area contributed by atoms with Crippen LogP contribution in [0.5, 0.6) is 0 Å². The van der Waals surface area contributed by atoms with Crippen LogP contribution >= 0.6 is 0 Å². The second-order valence-electron chi connectivity index (χ2n) is 6.34. The van der Waals surface area contributed by atoms with Gasteiger partial charge in [-0.1, -0.05) is 13.8 Å². The summed E-state index contributed by atoms with van der Waals surface area (Å²) in [4.78, 5) is 30.8. The average molecular weight is 342 g/mol. The molecule has 25 heavy (non-hydrogen) atoms. The Hall–Kier alpha value is -2.63. The topological polar surface area (TPSA) is 72.6 Å². The summed E-state index contributed by atoms with van der Waals surface area (Å²) in [5.41, 5.74) is 2.67. The van der Waals surface area contributed by atoms with Gasteiger partial charge in [0.15, 0.2) is 12.1 Å². The summed E-state index contributed by atoms with van der Waals surface area (Å²) in [5, 5.41) is 0. The van der Waals surface area contributed by atoms with E-state index < -0.39 is 0 Å². The number of anilines is 1. The van der Waals surface area contributed by atoms with Crippen LogP contribution in [0.25, 0.3) is 0 Å². The highest BCUT2D eigenvalue weighted by atomic mass is 16.5. The first-order valence-electron chi connectivity index (χ1n) is 8.58. The smallest absolute Gasteiger partial charge is 0.338 e. The lowest BCUT2D eigenvalue weighted by atomic mass is 9.98. The molecule has 0 unspecified atom stereocenters. The van der Waals surface area contributed by atoms with E-state index in [-0.39, 0.29) is 17.8 Å². The van der Waals surface area contributed by atoms with Crippen molar-refractivity contribution < 1.29 is 18.7 Å². The number of oxazole rings is 1. The first-order chi connectivity index (χ1) is 12.0. The predicted molar refractivity (Wildman–Crippen MR) is 93.0 cm³/mol. The number of esters is 1. The number of nitrogens with zero attached hydrogens (tertiary/aromatic N) is 2. The van der Waals surface area contributed by atoms with Crippen molar-refractivity contribution in [1.82, 2.24) is 4.98 Å². The van der Waals surface area contributed by atoms with Gasteiger partial charge in [-0.2, -0.15) is 0 Å². The molecule has 0 saturated carbocycles. The van der Waals surface area contributed by atoms with Gasteiger partial charge in [-0.25, -0.2) is 9.78 Å². The Balaban J connectivity index is 1.92. The number of amides is 1. The quantitative estimate of drug-likeness (QED) is 0.794. The molecule has 1 aliphatic heterocycles. The number of hydrogen-bond donors (Lipinski definition) is 0. The minimum absolute atomic E-state index is 0.0805. The molecular formula is C19H22N2O4. The van der Waals surface area contributed by atoms with Gasteiger partial charge < -0.3 is 14.1 Å². The Morgan fingerprint density at radius 3 is 2.88 bits per heavy atom. The number of carbonyl (C=O) groups excluding carboxylic acids is 2. The minimum Gasteiger partial charge on any atom is -0.462 e. The molecule has 0 aliphatic carbocycles. The lowest BCUT2D eigenvalue weighted by Crippen LogP contribution is -2.36. The largest absolute Gasteiger partial charge is 0.462 e.